The Morgan fingerprint density at radius 3 is 2.45 bits per heavy atom. The Balaban J connectivity index is 1.14. The first-order valence-electron chi connectivity index (χ1n) is 15.2. The summed E-state index contributed by atoms with van der Waals surface area (Å²) >= 11 is 1.03. The lowest BCUT2D eigenvalue weighted by atomic mass is 9.44. The van der Waals surface area contributed by atoms with E-state index >= 15 is 0 Å². The molecule has 5 aliphatic rings. The van der Waals surface area contributed by atoms with Crippen LogP contribution in [0, 0.1) is 52.3 Å². The zero-order valence-electron chi connectivity index (χ0n) is 23.9. The first kappa shape index (κ1) is 28.5. The number of amides is 1. The normalized spacial score (nSPS) is 39.1. The summed E-state index contributed by atoms with van der Waals surface area (Å²) in [6, 6.07) is 2.89. The fourth-order valence-electron chi connectivity index (χ4n) is 9.86. The van der Waals surface area contributed by atoms with Gasteiger partial charge in [-0.15, -0.1) is 11.3 Å². The van der Waals surface area contributed by atoms with Crippen molar-refractivity contribution in [2.45, 2.75) is 102 Å². The van der Waals surface area contributed by atoms with Gasteiger partial charge >= 0.3 is 10.1 Å². The molecular formula is C31H43NO6S2. The first-order valence-corrected chi connectivity index (χ1v) is 17.5. The molecule has 2 N–H and O–H groups in total. The lowest BCUT2D eigenvalue weighted by molar-refractivity contribution is -0.159. The molecule has 1 unspecified atom stereocenters. The van der Waals surface area contributed by atoms with E-state index in [0.717, 1.165) is 61.2 Å². The van der Waals surface area contributed by atoms with Crippen LogP contribution in [-0.4, -0.2) is 30.4 Å². The highest BCUT2D eigenvalue weighted by molar-refractivity contribution is 7.88. The average Bonchev–Trinajstić information content (AvgIpc) is 3.46. The van der Waals surface area contributed by atoms with Crippen LogP contribution in [0.1, 0.15) is 102 Å². The van der Waals surface area contributed by atoms with Gasteiger partial charge in [0.15, 0.2) is 0 Å². The standard InChI is InChI=1S/C31H43NO6S2/c1-17(14-26(35)32-29(18-4-5-18)25-8-9-27(39-25)40(36,37)38)21-6-7-22-28-23(11-13-31(21,22)3)30(2)12-10-20(33)15-19(30)16-24(28)34/h8-9,17-19,21-23,28-29H,4-7,10-16H2,1-3H3,(H,32,35)(H,36,37,38)/t17-,19+,21-,22+,23+,28+,29?,30+,31-/m1/s1. The zero-order chi connectivity index (χ0) is 28.6. The quantitative estimate of drug-likeness (QED) is 0.377. The van der Waals surface area contributed by atoms with Crippen LogP contribution in [-0.2, 0) is 24.5 Å². The highest BCUT2D eigenvalue weighted by atomic mass is 32.3. The predicted molar refractivity (Wildman–Crippen MR) is 152 cm³/mol. The Bertz CT molecular complexity index is 1320. The Morgan fingerprint density at radius 2 is 1.77 bits per heavy atom. The van der Waals surface area contributed by atoms with Crippen LogP contribution >= 0.6 is 11.3 Å². The van der Waals surface area contributed by atoms with Crippen LogP contribution < -0.4 is 5.32 Å². The molecule has 5 saturated carbocycles. The van der Waals surface area contributed by atoms with Gasteiger partial charge in [-0.05, 0) is 103 Å². The maximum absolute atomic E-state index is 13.6. The number of hydrogen-bond acceptors (Lipinski definition) is 6. The smallest absolute Gasteiger partial charge is 0.304 e. The molecule has 40 heavy (non-hydrogen) atoms. The third kappa shape index (κ3) is 4.81. The van der Waals surface area contributed by atoms with Crippen LogP contribution in [0.5, 0.6) is 0 Å². The van der Waals surface area contributed by atoms with Gasteiger partial charge in [0.1, 0.15) is 15.8 Å². The third-order valence-corrected chi connectivity index (χ3v) is 14.6. The molecular weight excluding hydrogens is 546 g/mol. The number of nitrogens with one attached hydrogen (secondary N) is 1. The summed E-state index contributed by atoms with van der Waals surface area (Å²) in [6.07, 6.45) is 9.32. The average molecular weight is 590 g/mol. The number of rotatable bonds is 7. The molecule has 0 aliphatic heterocycles. The molecule has 9 atom stereocenters. The van der Waals surface area contributed by atoms with Crippen molar-refractivity contribution in [1.29, 1.82) is 0 Å². The van der Waals surface area contributed by atoms with E-state index in [1.165, 1.54) is 6.07 Å². The van der Waals surface area contributed by atoms with E-state index in [2.05, 4.69) is 26.1 Å². The maximum atomic E-state index is 13.6. The largest absolute Gasteiger partial charge is 0.348 e. The summed E-state index contributed by atoms with van der Waals surface area (Å²) in [5.41, 5.74) is 0.129. The van der Waals surface area contributed by atoms with Crippen molar-refractivity contribution < 1.29 is 27.4 Å². The summed E-state index contributed by atoms with van der Waals surface area (Å²) in [7, 11) is -4.26. The molecule has 0 aromatic carbocycles. The number of Topliss-reactive ketones (excluding diaryl/α,β-unsaturated/α-hetero) is 2. The van der Waals surface area contributed by atoms with Crippen molar-refractivity contribution in [2.24, 2.45) is 52.3 Å². The van der Waals surface area contributed by atoms with Crippen LogP contribution in [0.2, 0.25) is 0 Å². The van der Waals surface area contributed by atoms with E-state index in [0.29, 0.717) is 60.9 Å². The van der Waals surface area contributed by atoms with Crippen molar-refractivity contribution in [1.82, 2.24) is 5.32 Å². The number of ketones is 2. The lowest BCUT2D eigenvalue weighted by Gasteiger charge is -2.59. The number of fused-ring (bicyclic) bond motifs is 5. The van der Waals surface area contributed by atoms with E-state index in [4.69, 9.17) is 0 Å². The van der Waals surface area contributed by atoms with Gasteiger partial charge in [0.25, 0.3) is 0 Å². The molecule has 1 aromatic heterocycles. The summed E-state index contributed by atoms with van der Waals surface area (Å²) in [5, 5.41) is 3.20. The number of carbonyl (C=O) groups excluding carboxylic acids is 3. The lowest BCUT2D eigenvalue weighted by Crippen LogP contribution is -2.57. The van der Waals surface area contributed by atoms with Gasteiger partial charge < -0.3 is 5.32 Å². The van der Waals surface area contributed by atoms with E-state index in [1.54, 1.807) is 6.07 Å². The van der Waals surface area contributed by atoms with Gasteiger partial charge in [-0.2, -0.15) is 8.42 Å². The molecule has 5 fully saturated rings. The molecule has 220 valence electrons. The summed E-state index contributed by atoms with van der Waals surface area (Å²) in [6.45, 7) is 6.92. The SMILES string of the molecule is C[C@H](CC(=O)NC(c1ccc(S(=O)(=O)O)s1)C1CC1)[C@H]1CC[C@H]2[C@@H]3C(=O)C[C@@H]4CC(=O)CC[C@]4(C)[C@H]3CC[C@]12C. The Kier molecular flexibility index (Phi) is 7.14. The van der Waals surface area contributed by atoms with Crippen LogP contribution in [0.15, 0.2) is 16.3 Å². The van der Waals surface area contributed by atoms with Crippen molar-refractivity contribution in [3.8, 4) is 0 Å². The third-order valence-electron chi connectivity index (χ3n) is 12.1. The second-order valence-electron chi connectivity index (χ2n) is 14.3. The second kappa shape index (κ2) is 10.0. The Hall–Kier alpha value is -1.58. The van der Waals surface area contributed by atoms with E-state index in [9.17, 15) is 27.4 Å². The number of hydrogen-bond donors (Lipinski definition) is 2. The van der Waals surface area contributed by atoms with E-state index in [-0.39, 0.29) is 44.7 Å². The van der Waals surface area contributed by atoms with Gasteiger partial charge in [-0.3, -0.25) is 18.9 Å². The first-order chi connectivity index (χ1) is 18.8. The summed E-state index contributed by atoms with van der Waals surface area (Å²) in [4.78, 5) is 40.0. The molecule has 0 bridgehead atoms. The highest BCUT2D eigenvalue weighted by Gasteiger charge is 2.63. The van der Waals surface area contributed by atoms with Gasteiger partial charge in [0.05, 0.1) is 6.04 Å². The monoisotopic (exact) mass is 589 g/mol. The summed E-state index contributed by atoms with van der Waals surface area (Å²) in [5.74, 6) is 2.59. The number of carbonyl (C=O) groups is 3. The minimum absolute atomic E-state index is 0.0112. The van der Waals surface area contributed by atoms with Crippen LogP contribution in [0.25, 0.3) is 0 Å². The Morgan fingerprint density at radius 1 is 1.05 bits per heavy atom. The minimum atomic E-state index is -4.26. The van der Waals surface area contributed by atoms with Crippen molar-refractivity contribution in [2.75, 3.05) is 0 Å². The van der Waals surface area contributed by atoms with Crippen molar-refractivity contribution >= 4 is 38.9 Å². The predicted octanol–water partition coefficient (Wildman–Crippen LogP) is 6.00. The molecule has 1 heterocycles. The maximum Gasteiger partial charge on any atom is 0.304 e. The molecule has 1 aromatic rings. The molecule has 1 amide bonds. The molecule has 0 saturated heterocycles. The molecule has 6 rings (SSSR count). The van der Waals surface area contributed by atoms with Crippen LogP contribution in [0.3, 0.4) is 0 Å². The van der Waals surface area contributed by atoms with Crippen molar-refractivity contribution in [3.63, 3.8) is 0 Å². The highest BCUT2D eigenvalue weighted by Crippen LogP contribution is 2.67. The molecule has 0 radical (unpaired) electrons. The van der Waals surface area contributed by atoms with Gasteiger partial charge in [-0.25, -0.2) is 0 Å². The summed E-state index contributed by atoms with van der Waals surface area (Å²) < 4.78 is 32.5. The molecule has 5 aliphatic carbocycles. The topological polar surface area (TPSA) is 118 Å². The van der Waals surface area contributed by atoms with E-state index < -0.39 is 10.1 Å². The van der Waals surface area contributed by atoms with Gasteiger partial charge in [0, 0.05) is 36.5 Å². The second-order valence-corrected chi connectivity index (χ2v) is 17.0. The molecule has 9 heteroatoms. The van der Waals surface area contributed by atoms with Gasteiger partial charge in [0.2, 0.25) is 5.91 Å². The molecule has 0 spiro atoms. The number of thiophene rings is 1. The van der Waals surface area contributed by atoms with Crippen molar-refractivity contribution in [3.05, 3.63) is 17.0 Å². The fourth-order valence-corrected chi connectivity index (χ4v) is 11.7. The van der Waals surface area contributed by atoms with Gasteiger partial charge in [-0.1, -0.05) is 20.8 Å². The van der Waals surface area contributed by atoms with E-state index in [1.807, 2.05) is 0 Å². The molecule has 7 nitrogen and oxygen atoms in total. The Labute approximate surface area is 242 Å². The fraction of sp³-hybridized carbons (Fsp3) is 0.774. The van der Waals surface area contributed by atoms with Crippen LogP contribution in [0.4, 0.5) is 0 Å². The zero-order valence-corrected chi connectivity index (χ0v) is 25.5. The minimum Gasteiger partial charge on any atom is -0.348 e.